The minimum Gasteiger partial charge on any atom is -0.309 e. The molecule has 0 bridgehead atoms. The van der Waals surface area contributed by atoms with Crippen LogP contribution in [-0.4, -0.2) is 9.13 Å². The molecular formula is C39H21N5. The summed E-state index contributed by atoms with van der Waals surface area (Å²) in [5, 5.41) is 33.4. The van der Waals surface area contributed by atoms with Gasteiger partial charge in [0.1, 0.15) is 18.2 Å². The molecule has 0 aliphatic heterocycles. The summed E-state index contributed by atoms with van der Waals surface area (Å²) in [6, 6.07) is 49.4. The zero-order valence-corrected chi connectivity index (χ0v) is 23.4. The van der Waals surface area contributed by atoms with E-state index >= 15 is 0 Å². The average Bonchev–Trinajstić information content (AvgIpc) is 3.60. The van der Waals surface area contributed by atoms with Crippen molar-refractivity contribution in [3.05, 3.63) is 144 Å². The van der Waals surface area contributed by atoms with E-state index in [4.69, 9.17) is 0 Å². The van der Waals surface area contributed by atoms with Crippen LogP contribution >= 0.6 is 0 Å². The largest absolute Gasteiger partial charge is 0.309 e. The molecule has 2 aromatic heterocycles. The van der Waals surface area contributed by atoms with Crippen LogP contribution in [0, 0.1) is 34.0 Å². The van der Waals surface area contributed by atoms with E-state index in [9.17, 15) is 15.8 Å². The highest BCUT2D eigenvalue weighted by Crippen LogP contribution is 2.38. The Hall–Kier alpha value is -6.61. The van der Waals surface area contributed by atoms with Gasteiger partial charge >= 0.3 is 0 Å². The van der Waals surface area contributed by atoms with Crippen molar-refractivity contribution < 1.29 is 0 Å². The molecule has 6 aromatic carbocycles. The van der Waals surface area contributed by atoms with Crippen LogP contribution in [0.25, 0.3) is 66.1 Å². The van der Waals surface area contributed by atoms with Gasteiger partial charge in [-0.05, 0) is 77.9 Å². The Labute approximate surface area is 252 Å². The number of para-hydroxylation sites is 3. The minimum atomic E-state index is 0.359. The molecule has 0 saturated carbocycles. The van der Waals surface area contributed by atoms with Gasteiger partial charge in [-0.25, -0.2) is 0 Å². The monoisotopic (exact) mass is 559 g/mol. The molecule has 202 valence electrons. The first-order chi connectivity index (χ1) is 21.7. The second-order valence-corrected chi connectivity index (χ2v) is 10.8. The summed E-state index contributed by atoms with van der Waals surface area (Å²) in [5.74, 6) is 0. The zero-order valence-electron chi connectivity index (χ0n) is 23.4. The van der Waals surface area contributed by atoms with Crippen molar-refractivity contribution in [2.24, 2.45) is 0 Å². The van der Waals surface area contributed by atoms with Gasteiger partial charge in [-0.15, -0.1) is 0 Å². The topological polar surface area (TPSA) is 81.2 Å². The normalized spacial score (nSPS) is 11.1. The van der Waals surface area contributed by atoms with E-state index < -0.39 is 0 Å². The van der Waals surface area contributed by atoms with Crippen LogP contribution in [0.4, 0.5) is 0 Å². The Bertz CT molecular complexity index is 2600. The molecule has 5 nitrogen and oxygen atoms in total. The van der Waals surface area contributed by atoms with Crippen molar-refractivity contribution in [2.75, 3.05) is 0 Å². The average molecular weight is 560 g/mol. The Balaban J connectivity index is 1.34. The highest BCUT2D eigenvalue weighted by atomic mass is 15.0. The lowest BCUT2D eigenvalue weighted by atomic mass is 10.0. The number of benzene rings is 6. The Morgan fingerprint density at radius 2 is 0.909 bits per heavy atom. The summed E-state index contributed by atoms with van der Waals surface area (Å²) in [6.07, 6.45) is 0. The van der Waals surface area contributed by atoms with E-state index in [0.29, 0.717) is 16.7 Å². The van der Waals surface area contributed by atoms with Gasteiger partial charge in [0, 0.05) is 27.2 Å². The second-order valence-electron chi connectivity index (χ2n) is 10.8. The van der Waals surface area contributed by atoms with Crippen LogP contribution in [0.5, 0.6) is 0 Å². The third-order valence-corrected chi connectivity index (χ3v) is 8.45. The summed E-state index contributed by atoms with van der Waals surface area (Å²) >= 11 is 0. The third-order valence-electron chi connectivity index (χ3n) is 8.45. The Morgan fingerprint density at radius 3 is 1.55 bits per heavy atom. The highest BCUT2D eigenvalue weighted by Gasteiger charge is 2.17. The number of aromatic nitrogens is 2. The maximum atomic E-state index is 9.85. The molecule has 0 N–H and O–H groups in total. The highest BCUT2D eigenvalue weighted by molar-refractivity contribution is 6.12. The quantitative estimate of drug-likeness (QED) is 0.216. The molecule has 0 spiro atoms. The van der Waals surface area contributed by atoms with Gasteiger partial charge in [0.2, 0.25) is 0 Å². The second kappa shape index (κ2) is 9.74. The lowest BCUT2D eigenvalue weighted by Gasteiger charge is -2.10. The van der Waals surface area contributed by atoms with Crippen molar-refractivity contribution in [1.82, 2.24) is 9.13 Å². The standard InChI is InChI=1S/C39H21N5/c40-22-27-13-16-30(19-29(27)24-42)43-36-11-5-2-8-31(36)33-20-25(14-17-38(33)43)26-15-18-39-34(21-26)32-9-3-6-12-37(32)44(39)35-10-4-1-7-28(35)23-41/h1-21H. The van der Waals surface area contributed by atoms with Crippen LogP contribution < -0.4 is 0 Å². The molecule has 0 amide bonds. The molecule has 0 aliphatic rings. The lowest BCUT2D eigenvalue weighted by molar-refractivity contribution is 1.17. The SMILES string of the molecule is N#Cc1ccc(-n2c3ccccc3c3cc(-c4ccc5c(c4)c4ccccc4n5-c4ccccc4C#N)ccc32)cc1C#N. The lowest BCUT2D eigenvalue weighted by Crippen LogP contribution is -1.97. The predicted molar refractivity (Wildman–Crippen MR) is 175 cm³/mol. The third kappa shape index (κ3) is 3.63. The number of nitriles is 3. The van der Waals surface area contributed by atoms with E-state index in [-0.39, 0.29) is 0 Å². The first-order valence-corrected chi connectivity index (χ1v) is 14.2. The van der Waals surface area contributed by atoms with E-state index in [1.54, 1.807) is 12.1 Å². The molecule has 2 heterocycles. The van der Waals surface area contributed by atoms with Crippen LogP contribution in [0.1, 0.15) is 16.7 Å². The fourth-order valence-corrected chi connectivity index (χ4v) is 6.47. The molecule has 0 saturated heterocycles. The van der Waals surface area contributed by atoms with Crippen molar-refractivity contribution in [3.8, 4) is 40.7 Å². The van der Waals surface area contributed by atoms with Gasteiger partial charge in [-0.2, -0.15) is 15.8 Å². The summed E-state index contributed by atoms with van der Waals surface area (Å²) in [4.78, 5) is 0. The number of fused-ring (bicyclic) bond motifs is 6. The number of hydrogen-bond acceptors (Lipinski definition) is 3. The first kappa shape index (κ1) is 25.1. The molecule has 44 heavy (non-hydrogen) atoms. The van der Waals surface area contributed by atoms with Crippen LogP contribution in [0.2, 0.25) is 0 Å². The molecular weight excluding hydrogens is 538 g/mol. The van der Waals surface area contributed by atoms with Crippen molar-refractivity contribution in [1.29, 1.82) is 15.8 Å². The summed E-state index contributed by atoms with van der Waals surface area (Å²) in [6.45, 7) is 0. The summed E-state index contributed by atoms with van der Waals surface area (Å²) in [5.41, 5.74) is 9.40. The van der Waals surface area contributed by atoms with Crippen molar-refractivity contribution in [3.63, 3.8) is 0 Å². The molecule has 8 aromatic rings. The molecule has 5 heteroatoms. The van der Waals surface area contributed by atoms with Gasteiger partial charge in [0.05, 0.1) is 44.4 Å². The van der Waals surface area contributed by atoms with Crippen LogP contribution in [0.3, 0.4) is 0 Å². The minimum absolute atomic E-state index is 0.359. The zero-order chi connectivity index (χ0) is 29.8. The van der Waals surface area contributed by atoms with Crippen LogP contribution in [0.15, 0.2) is 127 Å². The van der Waals surface area contributed by atoms with Crippen molar-refractivity contribution >= 4 is 43.6 Å². The van der Waals surface area contributed by atoms with Gasteiger partial charge in [0.25, 0.3) is 0 Å². The van der Waals surface area contributed by atoms with E-state index in [1.807, 2.05) is 48.5 Å². The number of rotatable bonds is 3. The van der Waals surface area contributed by atoms with Gasteiger partial charge in [-0.3, -0.25) is 0 Å². The molecule has 0 radical (unpaired) electrons. The molecule has 0 atom stereocenters. The van der Waals surface area contributed by atoms with E-state index in [0.717, 1.165) is 66.1 Å². The fourth-order valence-electron chi connectivity index (χ4n) is 6.47. The molecule has 8 rings (SSSR count). The Morgan fingerprint density at radius 1 is 0.386 bits per heavy atom. The maximum Gasteiger partial charge on any atom is 0.101 e. The van der Waals surface area contributed by atoms with Gasteiger partial charge < -0.3 is 9.13 Å². The number of hydrogen-bond donors (Lipinski definition) is 0. The predicted octanol–water partition coefficient (Wildman–Crippen LogP) is 9.16. The molecule has 0 unspecified atom stereocenters. The molecule has 0 aliphatic carbocycles. The van der Waals surface area contributed by atoms with Gasteiger partial charge in [0.15, 0.2) is 0 Å². The van der Waals surface area contributed by atoms with Gasteiger partial charge in [-0.1, -0.05) is 60.7 Å². The first-order valence-electron chi connectivity index (χ1n) is 14.2. The van der Waals surface area contributed by atoms with E-state index in [2.05, 4.69) is 94.1 Å². The summed E-state index contributed by atoms with van der Waals surface area (Å²) < 4.78 is 4.33. The smallest absolute Gasteiger partial charge is 0.101 e. The summed E-state index contributed by atoms with van der Waals surface area (Å²) in [7, 11) is 0. The van der Waals surface area contributed by atoms with Crippen molar-refractivity contribution in [2.45, 2.75) is 0 Å². The Kier molecular flexibility index (Phi) is 5.56. The van der Waals surface area contributed by atoms with E-state index in [1.165, 1.54) is 0 Å². The molecule has 0 fully saturated rings. The maximum absolute atomic E-state index is 9.85. The fraction of sp³-hybridized carbons (Fsp3) is 0. The number of nitrogens with zero attached hydrogens (tertiary/aromatic N) is 5. The van der Waals surface area contributed by atoms with Crippen LogP contribution in [-0.2, 0) is 0 Å².